The molecule has 3 aliphatic rings. The largest absolute Gasteiger partial charge is 0.458 e. The van der Waals surface area contributed by atoms with E-state index in [1.165, 1.54) is 0 Å². The number of ketones is 1. The first-order valence-corrected chi connectivity index (χ1v) is 9.25. The number of hydrogen-bond acceptors (Lipinski definition) is 7. The third-order valence-electron chi connectivity index (χ3n) is 5.96. The number of hydrogen-bond donors (Lipinski definition) is 1. The molecule has 0 bridgehead atoms. The lowest BCUT2D eigenvalue weighted by atomic mass is 9.79. The maximum Gasteiger partial charge on any atom is 0.334 e. The Balaban J connectivity index is 1.94. The second-order valence-electron chi connectivity index (χ2n) is 7.82. The number of Topliss-reactive ketones (excluding diaryl/α,β-unsaturated/α-hetero) is 1. The maximum atomic E-state index is 12.5. The Labute approximate surface area is 158 Å². The highest BCUT2D eigenvalue weighted by Gasteiger charge is 2.58. The van der Waals surface area contributed by atoms with Gasteiger partial charge in [0.25, 0.3) is 0 Å². The minimum Gasteiger partial charge on any atom is -0.458 e. The lowest BCUT2D eigenvalue weighted by Gasteiger charge is -2.30. The lowest BCUT2D eigenvalue weighted by molar-refractivity contribution is -0.150. The first kappa shape index (κ1) is 19.8. The summed E-state index contributed by atoms with van der Waals surface area (Å²) in [6, 6.07) is 0. The van der Waals surface area contributed by atoms with Gasteiger partial charge in [-0.1, -0.05) is 12.7 Å². The average molecular weight is 378 g/mol. The molecule has 1 aliphatic carbocycles. The van der Waals surface area contributed by atoms with Crippen molar-refractivity contribution in [2.24, 2.45) is 11.8 Å². The Morgan fingerprint density at radius 3 is 2.78 bits per heavy atom. The summed E-state index contributed by atoms with van der Waals surface area (Å²) >= 11 is 0. The van der Waals surface area contributed by atoms with E-state index in [4.69, 9.17) is 14.2 Å². The molecule has 1 N–H and O–H groups in total. The van der Waals surface area contributed by atoms with Crippen molar-refractivity contribution in [1.29, 1.82) is 0 Å². The Morgan fingerprint density at radius 2 is 2.15 bits per heavy atom. The highest BCUT2D eigenvalue weighted by atomic mass is 16.6. The zero-order valence-corrected chi connectivity index (χ0v) is 15.9. The van der Waals surface area contributed by atoms with Gasteiger partial charge in [0, 0.05) is 29.9 Å². The molecule has 2 aliphatic heterocycles. The van der Waals surface area contributed by atoms with Gasteiger partial charge < -0.3 is 19.3 Å². The molecule has 3 fully saturated rings. The minimum absolute atomic E-state index is 0.112. The standard InChI is InChI=1S/C20H26O7/c1-5-10(2)18(23)26-15-8-20(4)16(27-20)7-13(22)12(9-21)6-14-17(15)11(3)19(24)25-14/h5,12,14-17,21H,3,6-9H2,1-2,4H3/b10-5-/t12-,14+,15+,16+,17-,20+/m0/s1. The highest BCUT2D eigenvalue weighted by molar-refractivity contribution is 5.92. The fraction of sp³-hybridized carbons (Fsp3) is 0.650. The van der Waals surface area contributed by atoms with Crippen molar-refractivity contribution < 1.29 is 33.7 Å². The zero-order valence-electron chi connectivity index (χ0n) is 15.9. The molecule has 0 radical (unpaired) electrons. The molecule has 2 heterocycles. The summed E-state index contributed by atoms with van der Waals surface area (Å²) in [5.74, 6) is -2.38. The number of rotatable bonds is 3. The SMILES string of the molecule is C=C1C(=O)O[C@@H]2C[C@@H](CO)C(=O)C[C@H]3O[C@]3(C)C[C@@H](OC(=O)/C(C)=C\C)[C@@H]12. The second-order valence-corrected chi connectivity index (χ2v) is 7.82. The van der Waals surface area contributed by atoms with Crippen molar-refractivity contribution in [2.75, 3.05) is 6.61 Å². The summed E-state index contributed by atoms with van der Waals surface area (Å²) in [6.45, 7) is 8.75. The molecule has 0 aromatic heterocycles. The number of ether oxygens (including phenoxy) is 3. The molecule has 7 heteroatoms. The van der Waals surface area contributed by atoms with Crippen LogP contribution in [0.25, 0.3) is 0 Å². The monoisotopic (exact) mass is 378 g/mol. The lowest BCUT2D eigenvalue weighted by Crippen LogP contribution is -2.40. The van der Waals surface area contributed by atoms with E-state index in [0.717, 1.165) is 0 Å². The number of esters is 2. The van der Waals surface area contributed by atoms with Crippen LogP contribution in [0.2, 0.25) is 0 Å². The van der Waals surface area contributed by atoms with Crippen LogP contribution in [0.4, 0.5) is 0 Å². The summed E-state index contributed by atoms with van der Waals surface area (Å²) < 4.78 is 16.9. The number of fused-ring (bicyclic) bond motifs is 2. The van der Waals surface area contributed by atoms with Gasteiger partial charge in [0.1, 0.15) is 18.0 Å². The topological polar surface area (TPSA) is 102 Å². The first-order chi connectivity index (χ1) is 12.7. The van der Waals surface area contributed by atoms with Crippen molar-refractivity contribution in [1.82, 2.24) is 0 Å². The molecule has 6 atom stereocenters. The van der Waals surface area contributed by atoms with Crippen molar-refractivity contribution in [3.05, 3.63) is 23.8 Å². The number of carbonyl (C=O) groups excluding carboxylic acids is 3. The van der Waals surface area contributed by atoms with E-state index >= 15 is 0 Å². The maximum absolute atomic E-state index is 12.5. The summed E-state index contributed by atoms with van der Waals surface area (Å²) in [5, 5.41) is 9.65. The molecule has 7 nitrogen and oxygen atoms in total. The van der Waals surface area contributed by atoms with Gasteiger partial charge in [0.15, 0.2) is 0 Å². The number of aliphatic hydroxyl groups excluding tert-OH is 1. The fourth-order valence-corrected chi connectivity index (χ4v) is 3.96. The number of epoxide rings is 1. The number of carbonyl (C=O) groups is 3. The molecule has 148 valence electrons. The normalized spacial score (nSPS) is 39.3. The van der Waals surface area contributed by atoms with E-state index in [-0.39, 0.29) is 36.9 Å². The van der Waals surface area contributed by atoms with E-state index in [1.807, 2.05) is 6.92 Å². The Kier molecular flexibility index (Phi) is 5.27. The van der Waals surface area contributed by atoms with Crippen LogP contribution < -0.4 is 0 Å². The molecule has 0 spiro atoms. The third kappa shape index (κ3) is 3.71. The van der Waals surface area contributed by atoms with Gasteiger partial charge in [0.05, 0.1) is 24.2 Å². The summed E-state index contributed by atoms with van der Waals surface area (Å²) in [5.41, 5.74) is 0.0564. The predicted octanol–water partition coefficient (Wildman–Crippen LogP) is 1.48. The Hall–Kier alpha value is -1.99. The first-order valence-electron chi connectivity index (χ1n) is 9.25. The molecular formula is C20H26O7. The molecule has 3 rings (SSSR count). The highest BCUT2D eigenvalue weighted by Crippen LogP contribution is 2.48. The minimum atomic E-state index is -0.672. The molecule has 27 heavy (non-hydrogen) atoms. The van der Waals surface area contributed by atoms with E-state index in [0.29, 0.717) is 12.0 Å². The van der Waals surface area contributed by atoms with Gasteiger partial charge in [-0.25, -0.2) is 9.59 Å². The van der Waals surface area contributed by atoms with Crippen LogP contribution in [0, 0.1) is 11.8 Å². The van der Waals surface area contributed by atoms with Gasteiger partial charge in [-0.3, -0.25) is 4.79 Å². The quantitative estimate of drug-likeness (QED) is 0.451. The van der Waals surface area contributed by atoms with Crippen LogP contribution in [0.15, 0.2) is 23.8 Å². The van der Waals surface area contributed by atoms with Crippen LogP contribution in [0.1, 0.15) is 40.0 Å². The van der Waals surface area contributed by atoms with Gasteiger partial charge in [-0.2, -0.15) is 0 Å². The van der Waals surface area contributed by atoms with Crippen molar-refractivity contribution >= 4 is 17.7 Å². The average Bonchev–Trinajstić information content (AvgIpc) is 3.15. The molecule has 0 aromatic carbocycles. The van der Waals surface area contributed by atoms with Gasteiger partial charge in [-0.05, 0) is 27.2 Å². The van der Waals surface area contributed by atoms with E-state index < -0.39 is 41.6 Å². The Bertz CT molecular complexity index is 709. The summed E-state index contributed by atoms with van der Waals surface area (Å²) in [6.07, 6.45) is 0.726. The Morgan fingerprint density at radius 1 is 1.44 bits per heavy atom. The van der Waals surface area contributed by atoms with E-state index in [1.54, 1.807) is 19.9 Å². The third-order valence-corrected chi connectivity index (χ3v) is 5.96. The molecule has 1 saturated carbocycles. The van der Waals surface area contributed by atoms with Crippen LogP contribution in [0.5, 0.6) is 0 Å². The van der Waals surface area contributed by atoms with Crippen LogP contribution in [0.3, 0.4) is 0 Å². The van der Waals surface area contributed by atoms with Crippen LogP contribution in [-0.2, 0) is 28.6 Å². The van der Waals surface area contributed by atoms with Crippen LogP contribution >= 0.6 is 0 Å². The van der Waals surface area contributed by atoms with Crippen molar-refractivity contribution in [3.8, 4) is 0 Å². The number of allylic oxidation sites excluding steroid dienone is 1. The second kappa shape index (κ2) is 7.20. The fourth-order valence-electron chi connectivity index (χ4n) is 3.96. The van der Waals surface area contributed by atoms with E-state index in [2.05, 4.69) is 6.58 Å². The smallest absolute Gasteiger partial charge is 0.334 e. The van der Waals surface area contributed by atoms with Gasteiger partial charge >= 0.3 is 11.9 Å². The molecule has 2 saturated heterocycles. The van der Waals surface area contributed by atoms with Gasteiger partial charge in [0.2, 0.25) is 0 Å². The zero-order chi connectivity index (χ0) is 19.9. The summed E-state index contributed by atoms with van der Waals surface area (Å²) in [4.78, 5) is 37.0. The van der Waals surface area contributed by atoms with Crippen molar-refractivity contribution in [3.63, 3.8) is 0 Å². The molecular weight excluding hydrogens is 352 g/mol. The number of aliphatic hydroxyl groups is 1. The molecule has 0 amide bonds. The molecule has 0 unspecified atom stereocenters. The van der Waals surface area contributed by atoms with Gasteiger partial charge in [-0.15, -0.1) is 0 Å². The van der Waals surface area contributed by atoms with E-state index in [9.17, 15) is 19.5 Å². The van der Waals surface area contributed by atoms with Crippen molar-refractivity contribution in [2.45, 2.75) is 63.9 Å². The summed E-state index contributed by atoms with van der Waals surface area (Å²) in [7, 11) is 0. The predicted molar refractivity (Wildman–Crippen MR) is 94.5 cm³/mol. The van der Waals surface area contributed by atoms with Crippen LogP contribution in [-0.4, -0.2) is 53.3 Å². The molecule has 0 aromatic rings.